The Morgan fingerprint density at radius 3 is 2.68 bits per heavy atom. The monoisotopic (exact) mass is 260 g/mol. The van der Waals surface area contributed by atoms with Gasteiger partial charge in [-0.1, -0.05) is 44.0 Å². The molecule has 1 aromatic rings. The summed E-state index contributed by atoms with van der Waals surface area (Å²) in [6.07, 6.45) is 4.30. The van der Waals surface area contributed by atoms with Gasteiger partial charge in [0.15, 0.2) is 0 Å². The zero-order chi connectivity index (χ0) is 13.7. The van der Waals surface area contributed by atoms with Crippen LogP contribution >= 0.6 is 0 Å². The molecule has 3 nitrogen and oxygen atoms in total. The summed E-state index contributed by atoms with van der Waals surface area (Å²) in [5.41, 5.74) is 7.79. The second-order valence-corrected chi connectivity index (χ2v) is 5.62. The standard InChI is InChI=1S/C16H24N2O/c1-12-5-4-8-15(12)11-18-16(19)9-13-6-2-3-7-14(13)10-17/h2-3,6-7,12,15H,4-5,8-11,17H2,1H3,(H,18,19). The maximum absolute atomic E-state index is 12.0. The summed E-state index contributed by atoms with van der Waals surface area (Å²) in [6.45, 7) is 3.60. The number of rotatable bonds is 5. The Morgan fingerprint density at radius 1 is 1.32 bits per heavy atom. The highest BCUT2D eigenvalue weighted by Crippen LogP contribution is 2.30. The van der Waals surface area contributed by atoms with Crippen LogP contribution in [-0.4, -0.2) is 12.5 Å². The van der Waals surface area contributed by atoms with E-state index in [9.17, 15) is 4.79 Å². The van der Waals surface area contributed by atoms with Gasteiger partial charge in [-0.3, -0.25) is 4.79 Å². The van der Waals surface area contributed by atoms with Crippen LogP contribution in [0.5, 0.6) is 0 Å². The summed E-state index contributed by atoms with van der Waals surface area (Å²) in [6, 6.07) is 7.90. The predicted octanol–water partition coefficient (Wildman–Crippen LogP) is 2.24. The first-order valence-corrected chi connectivity index (χ1v) is 7.24. The Bertz CT molecular complexity index is 431. The minimum Gasteiger partial charge on any atom is -0.356 e. The average molecular weight is 260 g/mol. The van der Waals surface area contributed by atoms with Gasteiger partial charge in [-0.25, -0.2) is 0 Å². The van der Waals surface area contributed by atoms with Crippen molar-refractivity contribution in [2.45, 2.75) is 39.2 Å². The van der Waals surface area contributed by atoms with Crippen LogP contribution in [0.1, 0.15) is 37.3 Å². The molecule has 1 amide bonds. The van der Waals surface area contributed by atoms with E-state index >= 15 is 0 Å². The van der Waals surface area contributed by atoms with Crippen molar-refractivity contribution in [3.8, 4) is 0 Å². The highest BCUT2D eigenvalue weighted by Gasteiger charge is 2.23. The van der Waals surface area contributed by atoms with Gasteiger partial charge in [-0.2, -0.15) is 0 Å². The van der Waals surface area contributed by atoms with Crippen LogP contribution in [0.3, 0.4) is 0 Å². The lowest BCUT2D eigenvalue weighted by molar-refractivity contribution is -0.120. The zero-order valence-corrected chi connectivity index (χ0v) is 11.7. The van der Waals surface area contributed by atoms with Gasteiger partial charge in [0, 0.05) is 13.1 Å². The molecule has 0 spiro atoms. The molecule has 104 valence electrons. The molecule has 2 unspecified atom stereocenters. The van der Waals surface area contributed by atoms with Crippen molar-refractivity contribution in [2.75, 3.05) is 6.54 Å². The molecule has 0 heterocycles. The second-order valence-electron chi connectivity index (χ2n) is 5.62. The van der Waals surface area contributed by atoms with Crippen LogP contribution in [0.4, 0.5) is 0 Å². The summed E-state index contributed by atoms with van der Waals surface area (Å²) in [4.78, 5) is 12.0. The van der Waals surface area contributed by atoms with Crippen molar-refractivity contribution >= 4 is 5.91 Å². The fraction of sp³-hybridized carbons (Fsp3) is 0.562. The quantitative estimate of drug-likeness (QED) is 0.853. The van der Waals surface area contributed by atoms with Crippen molar-refractivity contribution in [3.63, 3.8) is 0 Å². The van der Waals surface area contributed by atoms with E-state index in [1.54, 1.807) is 0 Å². The Morgan fingerprint density at radius 2 is 2.05 bits per heavy atom. The molecule has 0 aliphatic heterocycles. The van der Waals surface area contributed by atoms with Crippen molar-refractivity contribution in [1.82, 2.24) is 5.32 Å². The normalized spacial score (nSPS) is 22.4. The molecule has 19 heavy (non-hydrogen) atoms. The van der Waals surface area contributed by atoms with Gasteiger partial charge in [-0.05, 0) is 29.4 Å². The zero-order valence-electron chi connectivity index (χ0n) is 11.7. The Balaban J connectivity index is 1.84. The first-order valence-electron chi connectivity index (χ1n) is 7.24. The minimum absolute atomic E-state index is 0.111. The Kier molecular flexibility index (Phi) is 4.97. The molecule has 1 fully saturated rings. The van der Waals surface area contributed by atoms with E-state index in [1.807, 2.05) is 24.3 Å². The van der Waals surface area contributed by atoms with Gasteiger partial charge < -0.3 is 11.1 Å². The third kappa shape index (κ3) is 3.80. The molecular formula is C16H24N2O. The van der Waals surface area contributed by atoms with Crippen LogP contribution in [0.15, 0.2) is 24.3 Å². The smallest absolute Gasteiger partial charge is 0.224 e. The van der Waals surface area contributed by atoms with E-state index < -0.39 is 0 Å². The highest BCUT2D eigenvalue weighted by molar-refractivity contribution is 5.78. The van der Waals surface area contributed by atoms with Crippen molar-refractivity contribution in [2.24, 2.45) is 17.6 Å². The topological polar surface area (TPSA) is 55.1 Å². The molecular weight excluding hydrogens is 236 g/mol. The third-order valence-electron chi connectivity index (χ3n) is 4.29. The van der Waals surface area contributed by atoms with Gasteiger partial charge >= 0.3 is 0 Å². The van der Waals surface area contributed by atoms with Crippen LogP contribution in [0.2, 0.25) is 0 Å². The molecule has 0 bridgehead atoms. The number of benzene rings is 1. The van der Waals surface area contributed by atoms with Gasteiger partial charge in [-0.15, -0.1) is 0 Å². The summed E-state index contributed by atoms with van der Waals surface area (Å²) < 4.78 is 0. The average Bonchev–Trinajstić information content (AvgIpc) is 2.82. The number of carbonyl (C=O) groups excluding carboxylic acids is 1. The molecule has 3 heteroatoms. The van der Waals surface area contributed by atoms with Crippen LogP contribution < -0.4 is 11.1 Å². The fourth-order valence-corrected chi connectivity index (χ4v) is 2.93. The SMILES string of the molecule is CC1CCCC1CNC(=O)Cc1ccccc1CN. The Labute approximate surface area is 115 Å². The number of nitrogens with one attached hydrogen (secondary N) is 1. The number of hydrogen-bond donors (Lipinski definition) is 2. The number of nitrogens with two attached hydrogens (primary N) is 1. The molecule has 1 aliphatic carbocycles. The van der Waals surface area contributed by atoms with Crippen molar-refractivity contribution < 1.29 is 4.79 Å². The van der Waals surface area contributed by atoms with E-state index in [0.29, 0.717) is 18.9 Å². The largest absolute Gasteiger partial charge is 0.356 e. The Hall–Kier alpha value is -1.35. The first-order chi connectivity index (χ1) is 9.20. The van der Waals surface area contributed by atoms with Crippen LogP contribution in [0.25, 0.3) is 0 Å². The molecule has 0 radical (unpaired) electrons. The number of carbonyl (C=O) groups is 1. The third-order valence-corrected chi connectivity index (χ3v) is 4.29. The maximum Gasteiger partial charge on any atom is 0.224 e. The molecule has 0 saturated heterocycles. The van der Waals surface area contributed by atoms with Gasteiger partial charge in [0.25, 0.3) is 0 Å². The maximum atomic E-state index is 12.0. The molecule has 2 rings (SSSR count). The van der Waals surface area contributed by atoms with Crippen LogP contribution in [0, 0.1) is 11.8 Å². The second kappa shape index (κ2) is 6.71. The molecule has 1 saturated carbocycles. The van der Waals surface area contributed by atoms with Gasteiger partial charge in [0.1, 0.15) is 0 Å². The molecule has 0 aromatic heterocycles. The summed E-state index contributed by atoms with van der Waals surface area (Å²) in [7, 11) is 0. The lowest BCUT2D eigenvalue weighted by Crippen LogP contribution is -2.31. The van der Waals surface area contributed by atoms with Crippen LogP contribution in [-0.2, 0) is 17.8 Å². The lowest BCUT2D eigenvalue weighted by Gasteiger charge is -2.16. The van der Waals surface area contributed by atoms with E-state index in [-0.39, 0.29) is 5.91 Å². The fourth-order valence-electron chi connectivity index (χ4n) is 2.93. The molecule has 3 N–H and O–H groups in total. The van der Waals surface area contributed by atoms with E-state index in [0.717, 1.165) is 23.6 Å². The highest BCUT2D eigenvalue weighted by atomic mass is 16.1. The summed E-state index contributed by atoms with van der Waals surface area (Å²) in [5, 5.41) is 3.08. The summed E-state index contributed by atoms with van der Waals surface area (Å²) in [5.74, 6) is 1.52. The van der Waals surface area contributed by atoms with E-state index in [4.69, 9.17) is 5.73 Å². The molecule has 2 atom stereocenters. The van der Waals surface area contributed by atoms with Crippen molar-refractivity contribution in [1.29, 1.82) is 0 Å². The minimum atomic E-state index is 0.111. The van der Waals surface area contributed by atoms with Gasteiger partial charge in [0.2, 0.25) is 5.91 Å². The number of amides is 1. The first kappa shape index (κ1) is 14.1. The van der Waals surface area contributed by atoms with Gasteiger partial charge in [0.05, 0.1) is 6.42 Å². The van der Waals surface area contributed by atoms with Crippen molar-refractivity contribution in [3.05, 3.63) is 35.4 Å². The van der Waals surface area contributed by atoms with E-state index in [2.05, 4.69) is 12.2 Å². The molecule has 1 aliphatic rings. The lowest BCUT2D eigenvalue weighted by atomic mass is 9.98. The van der Waals surface area contributed by atoms with E-state index in [1.165, 1.54) is 19.3 Å². The summed E-state index contributed by atoms with van der Waals surface area (Å²) >= 11 is 0. The molecule has 1 aromatic carbocycles. The number of hydrogen-bond acceptors (Lipinski definition) is 2. The predicted molar refractivity (Wildman–Crippen MR) is 77.6 cm³/mol.